The fourth-order valence-corrected chi connectivity index (χ4v) is 2.82. The summed E-state index contributed by atoms with van der Waals surface area (Å²) in [7, 11) is 0. The molecule has 0 aliphatic rings. The first-order valence-electron chi connectivity index (χ1n) is 8.34. The lowest BCUT2D eigenvalue weighted by Gasteiger charge is -2.06. The molecule has 8 heteroatoms. The molecule has 29 heavy (non-hydrogen) atoms. The second kappa shape index (κ2) is 9.58. The summed E-state index contributed by atoms with van der Waals surface area (Å²) >= 11 is 11.9. The van der Waals surface area contributed by atoms with E-state index in [0.29, 0.717) is 32.9 Å². The number of alkyl halides is 2. The molecule has 0 atom stereocenters. The van der Waals surface area contributed by atoms with Crippen molar-refractivity contribution in [2.45, 2.75) is 13.2 Å². The number of carbonyl (C=O) groups is 1. The number of rotatable bonds is 8. The number of benzene rings is 2. The molecule has 0 N–H and O–H groups in total. The predicted octanol–water partition coefficient (Wildman–Crippen LogP) is 6.66. The number of halogens is 4. The monoisotopic (exact) mass is 438 g/mol. The molecular formula is C21H14Cl2F2O4. The van der Waals surface area contributed by atoms with Gasteiger partial charge in [0.1, 0.15) is 29.6 Å². The molecule has 3 aromatic rings. The van der Waals surface area contributed by atoms with Crippen molar-refractivity contribution in [2.24, 2.45) is 0 Å². The summed E-state index contributed by atoms with van der Waals surface area (Å²) in [4.78, 5) is 12.2. The molecule has 2 aromatic carbocycles. The number of furan rings is 1. The molecule has 0 amide bonds. The number of hydrogen-bond donors (Lipinski definition) is 0. The van der Waals surface area contributed by atoms with Crippen molar-refractivity contribution in [3.63, 3.8) is 0 Å². The molecule has 0 saturated heterocycles. The van der Waals surface area contributed by atoms with Gasteiger partial charge in [-0.15, -0.1) is 0 Å². The van der Waals surface area contributed by atoms with Gasteiger partial charge in [-0.05, 0) is 66.7 Å². The molecule has 0 unspecified atom stereocenters. The zero-order valence-corrected chi connectivity index (χ0v) is 16.3. The maximum Gasteiger partial charge on any atom is 0.387 e. The van der Waals surface area contributed by atoms with Crippen LogP contribution in [-0.4, -0.2) is 12.4 Å². The number of ketones is 1. The first-order chi connectivity index (χ1) is 13.9. The lowest BCUT2D eigenvalue weighted by atomic mass is 10.1. The first-order valence-corrected chi connectivity index (χ1v) is 9.10. The molecule has 4 nitrogen and oxygen atoms in total. The van der Waals surface area contributed by atoms with Crippen molar-refractivity contribution in [1.82, 2.24) is 0 Å². The van der Waals surface area contributed by atoms with E-state index in [9.17, 15) is 13.6 Å². The molecule has 0 spiro atoms. The zero-order valence-electron chi connectivity index (χ0n) is 14.8. The minimum absolute atomic E-state index is 0.0167. The van der Waals surface area contributed by atoms with Gasteiger partial charge < -0.3 is 13.9 Å². The summed E-state index contributed by atoms with van der Waals surface area (Å²) in [6.07, 6.45) is 2.83. The maximum absolute atomic E-state index is 12.2. The highest BCUT2D eigenvalue weighted by Crippen LogP contribution is 2.28. The van der Waals surface area contributed by atoms with Crippen LogP contribution in [0.15, 0.2) is 65.1 Å². The van der Waals surface area contributed by atoms with E-state index < -0.39 is 6.61 Å². The third-order valence-corrected chi connectivity index (χ3v) is 4.24. The summed E-state index contributed by atoms with van der Waals surface area (Å²) in [5.74, 6) is 1.14. The highest BCUT2D eigenvalue weighted by atomic mass is 35.5. The molecular weight excluding hydrogens is 425 g/mol. The Morgan fingerprint density at radius 2 is 1.83 bits per heavy atom. The predicted molar refractivity (Wildman–Crippen MR) is 106 cm³/mol. The molecule has 0 fully saturated rings. The Morgan fingerprint density at radius 1 is 1.07 bits per heavy atom. The maximum atomic E-state index is 12.2. The average molecular weight is 439 g/mol. The van der Waals surface area contributed by atoms with Gasteiger partial charge in [-0.3, -0.25) is 4.79 Å². The second-order valence-corrected chi connectivity index (χ2v) is 6.61. The highest BCUT2D eigenvalue weighted by Gasteiger charge is 2.08. The van der Waals surface area contributed by atoms with Crippen LogP contribution in [0.3, 0.4) is 0 Å². The van der Waals surface area contributed by atoms with Crippen LogP contribution < -0.4 is 9.47 Å². The SMILES string of the molecule is O=C(/C=C/c1ccc(COc2ccc(Cl)cc2Cl)o1)c1ccc(OC(F)F)cc1. The Morgan fingerprint density at radius 3 is 2.52 bits per heavy atom. The van der Waals surface area contributed by atoms with E-state index in [2.05, 4.69) is 4.74 Å². The van der Waals surface area contributed by atoms with E-state index in [1.165, 1.54) is 36.4 Å². The minimum atomic E-state index is -2.91. The smallest absolute Gasteiger partial charge is 0.387 e. The Bertz CT molecular complexity index is 1010. The molecule has 0 bridgehead atoms. The Labute approximate surface area is 175 Å². The van der Waals surface area contributed by atoms with Gasteiger partial charge in [0.15, 0.2) is 5.78 Å². The lowest BCUT2D eigenvalue weighted by molar-refractivity contribution is -0.0498. The Kier molecular flexibility index (Phi) is 6.90. The Hall–Kier alpha value is -2.83. The van der Waals surface area contributed by atoms with Gasteiger partial charge in [0.05, 0.1) is 5.02 Å². The molecule has 1 heterocycles. The third-order valence-electron chi connectivity index (χ3n) is 3.71. The fourth-order valence-electron chi connectivity index (χ4n) is 2.36. The largest absolute Gasteiger partial charge is 0.484 e. The van der Waals surface area contributed by atoms with Gasteiger partial charge >= 0.3 is 6.61 Å². The molecule has 0 saturated carbocycles. The van der Waals surface area contributed by atoms with Gasteiger partial charge in [-0.1, -0.05) is 23.2 Å². The highest BCUT2D eigenvalue weighted by molar-refractivity contribution is 6.35. The summed E-state index contributed by atoms with van der Waals surface area (Å²) in [5.41, 5.74) is 0.329. The van der Waals surface area contributed by atoms with Crippen molar-refractivity contribution in [1.29, 1.82) is 0 Å². The van der Waals surface area contributed by atoms with Crippen molar-refractivity contribution < 1.29 is 27.5 Å². The van der Waals surface area contributed by atoms with Gasteiger partial charge in [0, 0.05) is 10.6 Å². The summed E-state index contributed by atoms with van der Waals surface area (Å²) < 4.78 is 39.7. The van der Waals surface area contributed by atoms with E-state index in [1.807, 2.05) is 0 Å². The third kappa shape index (κ3) is 6.07. The quantitative estimate of drug-likeness (QED) is 0.291. The van der Waals surface area contributed by atoms with Gasteiger partial charge in [0.2, 0.25) is 0 Å². The van der Waals surface area contributed by atoms with Gasteiger partial charge in [0.25, 0.3) is 0 Å². The van der Waals surface area contributed by atoms with Crippen LogP contribution in [0.25, 0.3) is 6.08 Å². The summed E-state index contributed by atoms with van der Waals surface area (Å²) in [6, 6.07) is 13.7. The van der Waals surface area contributed by atoms with E-state index in [1.54, 1.807) is 30.3 Å². The first kappa shape index (κ1) is 20.9. The number of allylic oxidation sites excluding steroid dienone is 1. The van der Waals surface area contributed by atoms with E-state index in [0.717, 1.165) is 0 Å². The van der Waals surface area contributed by atoms with Crippen LogP contribution in [0.2, 0.25) is 10.0 Å². The number of carbonyl (C=O) groups excluding carboxylic acids is 1. The molecule has 0 aliphatic heterocycles. The molecule has 0 radical (unpaired) electrons. The molecule has 0 aliphatic carbocycles. The lowest BCUT2D eigenvalue weighted by Crippen LogP contribution is -2.02. The van der Waals surface area contributed by atoms with Crippen LogP contribution in [0.4, 0.5) is 8.78 Å². The fraction of sp³-hybridized carbons (Fsp3) is 0.0952. The average Bonchev–Trinajstić information content (AvgIpc) is 3.13. The number of ether oxygens (including phenoxy) is 2. The van der Waals surface area contributed by atoms with Crippen LogP contribution in [0.1, 0.15) is 21.9 Å². The summed E-state index contributed by atoms with van der Waals surface area (Å²) in [5, 5.41) is 0.897. The van der Waals surface area contributed by atoms with Crippen molar-refractivity contribution in [3.8, 4) is 11.5 Å². The van der Waals surface area contributed by atoms with Crippen LogP contribution in [-0.2, 0) is 6.61 Å². The zero-order chi connectivity index (χ0) is 20.8. The van der Waals surface area contributed by atoms with E-state index in [4.69, 9.17) is 32.4 Å². The normalized spacial score (nSPS) is 11.2. The van der Waals surface area contributed by atoms with E-state index in [-0.39, 0.29) is 18.1 Å². The topological polar surface area (TPSA) is 48.7 Å². The standard InChI is InChI=1S/C21H14Cl2F2O4/c22-14-3-10-20(18(23)11-14)27-12-17-7-6-15(28-17)8-9-19(26)13-1-4-16(5-2-13)29-21(24)25/h1-11,21H,12H2/b9-8+. The van der Waals surface area contributed by atoms with Crippen LogP contribution in [0, 0.1) is 0 Å². The van der Waals surface area contributed by atoms with Crippen molar-refractivity contribution in [3.05, 3.63) is 87.8 Å². The van der Waals surface area contributed by atoms with Crippen LogP contribution in [0.5, 0.6) is 11.5 Å². The van der Waals surface area contributed by atoms with Crippen molar-refractivity contribution >= 4 is 35.1 Å². The Balaban J connectivity index is 1.57. The van der Waals surface area contributed by atoms with Crippen molar-refractivity contribution in [2.75, 3.05) is 0 Å². The van der Waals surface area contributed by atoms with E-state index >= 15 is 0 Å². The molecule has 1 aromatic heterocycles. The molecule has 150 valence electrons. The minimum Gasteiger partial charge on any atom is -0.484 e. The summed E-state index contributed by atoms with van der Waals surface area (Å²) in [6.45, 7) is -2.77. The number of hydrogen-bond acceptors (Lipinski definition) is 4. The van der Waals surface area contributed by atoms with Gasteiger partial charge in [-0.2, -0.15) is 8.78 Å². The second-order valence-electron chi connectivity index (χ2n) is 5.77. The van der Waals surface area contributed by atoms with Crippen LogP contribution >= 0.6 is 23.2 Å². The van der Waals surface area contributed by atoms with Gasteiger partial charge in [-0.25, -0.2) is 0 Å². The molecule has 3 rings (SSSR count).